The first-order chi connectivity index (χ1) is 8.34. The van der Waals surface area contributed by atoms with E-state index < -0.39 is 0 Å². The van der Waals surface area contributed by atoms with Crippen molar-refractivity contribution >= 4 is 5.65 Å². The molecule has 98 valence electrons. The lowest BCUT2D eigenvalue weighted by molar-refractivity contribution is 0.776. The molecule has 0 N–H and O–H groups in total. The van der Waals surface area contributed by atoms with Gasteiger partial charge in [0.05, 0.1) is 11.4 Å². The minimum absolute atomic E-state index is 0.448. The summed E-state index contributed by atoms with van der Waals surface area (Å²) >= 11 is 0. The molecule has 0 fully saturated rings. The number of rotatable bonds is 2. The number of fused-ring (bicyclic) bond motifs is 1. The summed E-state index contributed by atoms with van der Waals surface area (Å²) in [5.74, 6) is 0.904. The molecule has 0 saturated carbocycles. The van der Waals surface area contributed by atoms with Crippen LogP contribution in [-0.4, -0.2) is 14.6 Å². The molecule has 0 bridgehead atoms. The fourth-order valence-corrected chi connectivity index (χ4v) is 2.65. The van der Waals surface area contributed by atoms with Crippen LogP contribution in [0.3, 0.4) is 0 Å². The Balaban J connectivity index is 2.88. The predicted molar refractivity (Wildman–Crippen MR) is 75.4 cm³/mol. The molecule has 3 nitrogen and oxygen atoms in total. The van der Waals surface area contributed by atoms with Crippen LogP contribution < -0.4 is 0 Å². The Kier molecular flexibility index (Phi) is 3.18. The third kappa shape index (κ3) is 1.82. The number of aryl methyl sites for hydroxylation is 2. The lowest BCUT2D eigenvalue weighted by Gasteiger charge is -2.13. The summed E-state index contributed by atoms with van der Waals surface area (Å²) in [7, 11) is 0. The maximum Gasteiger partial charge on any atom is 0.159 e. The van der Waals surface area contributed by atoms with Gasteiger partial charge in [-0.15, -0.1) is 0 Å². The van der Waals surface area contributed by atoms with Gasteiger partial charge in [-0.1, -0.05) is 27.7 Å². The van der Waals surface area contributed by atoms with E-state index in [0.717, 1.165) is 11.3 Å². The third-order valence-corrected chi connectivity index (χ3v) is 3.68. The predicted octanol–water partition coefficient (Wildman–Crippen LogP) is 3.90. The van der Waals surface area contributed by atoms with Crippen molar-refractivity contribution in [2.45, 2.75) is 60.3 Å². The van der Waals surface area contributed by atoms with Gasteiger partial charge in [-0.05, 0) is 38.2 Å². The zero-order chi connectivity index (χ0) is 13.6. The minimum Gasteiger partial charge on any atom is -0.233 e. The SMILES string of the molecule is Cc1nn2c(C)c(C)c(C(C)C)nc2c1C(C)C. The summed E-state index contributed by atoms with van der Waals surface area (Å²) in [5, 5.41) is 4.65. The fourth-order valence-electron chi connectivity index (χ4n) is 2.65. The van der Waals surface area contributed by atoms with Crippen LogP contribution in [0.5, 0.6) is 0 Å². The van der Waals surface area contributed by atoms with Crippen LogP contribution in [0.2, 0.25) is 0 Å². The van der Waals surface area contributed by atoms with Crippen molar-refractivity contribution in [3.8, 4) is 0 Å². The number of hydrogen-bond acceptors (Lipinski definition) is 2. The highest BCUT2D eigenvalue weighted by Crippen LogP contribution is 2.27. The van der Waals surface area contributed by atoms with E-state index in [2.05, 4.69) is 53.6 Å². The molecule has 0 aliphatic rings. The second-order valence-corrected chi connectivity index (χ2v) is 5.75. The van der Waals surface area contributed by atoms with Gasteiger partial charge in [0.1, 0.15) is 0 Å². The van der Waals surface area contributed by atoms with E-state index in [-0.39, 0.29) is 0 Å². The normalized spacial score (nSPS) is 12.1. The van der Waals surface area contributed by atoms with Gasteiger partial charge >= 0.3 is 0 Å². The Morgan fingerprint density at radius 3 is 2.06 bits per heavy atom. The zero-order valence-electron chi connectivity index (χ0n) is 12.5. The van der Waals surface area contributed by atoms with E-state index >= 15 is 0 Å². The van der Waals surface area contributed by atoms with Crippen molar-refractivity contribution in [2.24, 2.45) is 0 Å². The van der Waals surface area contributed by atoms with Crippen LogP contribution >= 0.6 is 0 Å². The molecule has 0 saturated heterocycles. The van der Waals surface area contributed by atoms with E-state index in [1.165, 1.54) is 22.5 Å². The minimum atomic E-state index is 0.448. The summed E-state index contributed by atoms with van der Waals surface area (Å²) in [4.78, 5) is 4.88. The van der Waals surface area contributed by atoms with Gasteiger partial charge in [0, 0.05) is 11.3 Å². The van der Waals surface area contributed by atoms with E-state index in [9.17, 15) is 0 Å². The molecule has 0 unspecified atom stereocenters. The molecule has 3 heteroatoms. The maximum absolute atomic E-state index is 4.88. The summed E-state index contributed by atoms with van der Waals surface area (Å²) in [6.07, 6.45) is 0. The Labute approximate surface area is 109 Å². The molecular weight excluding hydrogens is 222 g/mol. The topological polar surface area (TPSA) is 30.2 Å². The highest BCUT2D eigenvalue weighted by molar-refractivity contribution is 5.54. The fraction of sp³-hybridized carbons (Fsp3) is 0.600. The molecule has 0 atom stereocenters. The van der Waals surface area contributed by atoms with Crippen molar-refractivity contribution in [1.29, 1.82) is 0 Å². The van der Waals surface area contributed by atoms with E-state index in [0.29, 0.717) is 11.8 Å². The molecule has 0 aliphatic carbocycles. The molecule has 0 spiro atoms. The second-order valence-electron chi connectivity index (χ2n) is 5.75. The van der Waals surface area contributed by atoms with Crippen LogP contribution in [0.4, 0.5) is 0 Å². The molecule has 0 aliphatic heterocycles. The number of nitrogens with zero attached hydrogens (tertiary/aromatic N) is 3. The zero-order valence-corrected chi connectivity index (χ0v) is 12.5. The van der Waals surface area contributed by atoms with Crippen molar-refractivity contribution in [3.63, 3.8) is 0 Å². The summed E-state index contributed by atoms with van der Waals surface area (Å²) in [5.41, 5.74) is 7.08. The molecule has 0 radical (unpaired) electrons. The van der Waals surface area contributed by atoms with Crippen molar-refractivity contribution < 1.29 is 0 Å². The van der Waals surface area contributed by atoms with E-state index in [4.69, 9.17) is 4.98 Å². The number of aromatic nitrogens is 3. The van der Waals surface area contributed by atoms with Crippen LogP contribution in [0.15, 0.2) is 0 Å². The Morgan fingerprint density at radius 2 is 1.56 bits per heavy atom. The van der Waals surface area contributed by atoms with Gasteiger partial charge in [0.25, 0.3) is 0 Å². The smallest absolute Gasteiger partial charge is 0.159 e. The summed E-state index contributed by atoms with van der Waals surface area (Å²) < 4.78 is 2.01. The van der Waals surface area contributed by atoms with Crippen LogP contribution in [0.25, 0.3) is 5.65 Å². The Bertz CT molecular complexity index is 592. The first-order valence-corrected chi connectivity index (χ1v) is 6.70. The standard InChI is InChI=1S/C15H23N3/c1-8(2)13-11(6)17-18-12(7)10(5)14(9(3)4)16-15(13)18/h8-9H,1-7H3. The van der Waals surface area contributed by atoms with Crippen LogP contribution in [-0.2, 0) is 0 Å². The molecule has 2 rings (SSSR count). The summed E-state index contributed by atoms with van der Waals surface area (Å²) in [6.45, 7) is 15.2. The molecule has 0 aromatic carbocycles. The van der Waals surface area contributed by atoms with Gasteiger partial charge in [0.15, 0.2) is 5.65 Å². The average Bonchev–Trinajstić information content (AvgIpc) is 2.59. The monoisotopic (exact) mass is 245 g/mol. The molecule has 18 heavy (non-hydrogen) atoms. The first kappa shape index (κ1) is 13.1. The van der Waals surface area contributed by atoms with Gasteiger partial charge in [0.2, 0.25) is 0 Å². The van der Waals surface area contributed by atoms with Gasteiger partial charge in [-0.2, -0.15) is 5.10 Å². The lowest BCUT2D eigenvalue weighted by Crippen LogP contribution is -2.07. The van der Waals surface area contributed by atoms with Gasteiger partial charge in [-0.3, -0.25) is 0 Å². The van der Waals surface area contributed by atoms with Crippen LogP contribution in [0.1, 0.15) is 67.7 Å². The van der Waals surface area contributed by atoms with Crippen molar-refractivity contribution in [1.82, 2.24) is 14.6 Å². The van der Waals surface area contributed by atoms with Gasteiger partial charge in [-0.25, -0.2) is 9.50 Å². The highest BCUT2D eigenvalue weighted by Gasteiger charge is 2.19. The largest absolute Gasteiger partial charge is 0.233 e. The third-order valence-electron chi connectivity index (χ3n) is 3.68. The molecule has 0 amide bonds. The maximum atomic E-state index is 4.88. The van der Waals surface area contributed by atoms with Crippen LogP contribution in [0, 0.1) is 20.8 Å². The van der Waals surface area contributed by atoms with Crippen molar-refractivity contribution in [3.05, 3.63) is 28.2 Å². The average molecular weight is 245 g/mol. The van der Waals surface area contributed by atoms with Gasteiger partial charge < -0.3 is 0 Å². The Hall–Kier alpha value is -1.38. The van der Waals surface area contributed by atoms with E-state index in [1.54, 1.807) is 0 Å². The quantitative estimate of drug-likeness (QED) is 0.803. The Morgan fingerprint density at radius 1 is 0.944 bits per heavy atom. The highest BCUT2D eigenvalue weighted by atomic mass is 15.3. The first-order valence-electron chi connectivity index (χ1n) is 6.70. The molecule has 2 heterocycles. The van der Waals surface area contributed by atoms with E-state index in [1.807, 2.05) is 4.52 Å². The lowest BCUT2D eigenvalue weighted by atomic mass is 10.0. The number of hydrogen-bond donors (Lipinski definition) is 0. The summed E-state index contributed by atoms with van der Waals surface area (Å²) in [6, 6.07) is 0. The van der Waals surface area contributed by atoms with Crippen molar-refractivity contribution in [2.75, 3.05) is 0 Å². The molecule has 2 aromatic heterocycles. The molecular formula is C15H23N3. The molecule has 2 aromatic rings. The second kappa shape index (κ2) is 4.38.